The fourth-order valence-corrected chi connectivity index (χ4v) is 2.79. The van der Waals surface area contributed by atoms with Crippen LogP contribution in [0.5, 0.6) is 0 Å². The molecule has 0 aliphatic heterocycles. The first-order chi connectivity index (χ1) is 8.36. The molecule has 0 saturated carbocycles. The zero-order valence-corrected chi connectivity index (χ0v) is 11.3. The van der Waals surface area contributed by atoms with Crippen molar-refractivity contribution in [2.45, 2.75) is 31.2 Å². The minimum absolute atomic E-state index is 0.0465. The van der Waals surface area contributed by atoms with Gasteiger partial charge in [0.1, 0.15) is 0 Å². The van der Waals surface area contributed by atoms with E-state index in [2.05, 4.69) is 4.72 Å². The van der Waals surface area contributed by atoms with Crippen molar-refractivity contribution < 1.29 is 8.42 Å². The predicted octanol–water partition coefficient (Wildman–Crippen LogP) is 0.882. The molecule has 0 fully saturated rings. The molecule has 0 aliphatic rings. The highest BCUT2D eigenvalue weighted by Gasteiger charge is 2.16. The molecule has 1 aromatic rings. The number of nitrogens with two attached hydrogens (primary N) is 1. The molecule has 1 rings (SSSR count). The lowest BCUT2D eigenvalue weighted by Gasteiger charge is -2.10. The summed E-state index contributed by atoms with van der Waals surface area (Å²) < 4.78 is 26.5. The van der Waals surface area contributed by atoms with Crippen LogP contribution in [0.1, 0.15) is 24.5 Å². The molecule has 0 amide bonds. The van der Waals surface area contributed by atoms with Crippen molar-refractivity contribution >= 4 is 10.0 Å². The molecule has 0 aromatic heterocycles. The number of hydrogen-bond acceptors (Lipinski definition) is 4. The molecule has 0 bridgehead atoms. The first-order valence-electron chi connectivity index (χ1n) is 5.63. The second kappa shape index (κ2) is 5.96. The average Bonchev–Trinajstić information content (AvgIpc) is 2.27. The van der Waals surface area contributed by atoms with Gasteiger partial charge in [-0.05, 0) is 44.0 Å². The molecule has 0 spiro atoms. The zero-order chi connectivity index (χ0) is 13.8. The quantitative estimate of drug-likeness (QED) is 0.827. The van der Waals surface area contributed by atoms with E-state index in [0.717, 1.165) is 0 Å². The number of rotatable bonds is 5. The second-order valence-corrected chi connectivity index (χ2v) is 5.99. The Morgan fingerprint density at radius 1 is 1.50 bits per heavy atom. The first-order valence-corrected chi connectivity index (χ1v) is 7.11. The van der Waals surface area contributed by atoms with Gasteiger partial charge < -0.3 is 5.73 Å². The van der Waals surface area contributed by atoms with Crippen molar-refractivity contribution in [3.63, 3.8) is 0 Å². The first kappa shape index (κ1) is 14.6. The summed E-state index contributed by atoms with van der Waals surface area (Å²) in [5.41, 5.74) is 6.56. The summed E-state index contributed by atoms with van der Waals surface area (Å²) in [5.74, 6) is 0. The lowest BCUT2D eigenvalue weighted by Crippen LogP contribution is -2.29. The van der Waals surface area contributed by atoms with Gasteiger partial charge in [0.15, 0.2) is 0 Å². The van der Waals surface area contributed by atoms with Gasteiger partial charge in [-0.15, -0.1) is 0 Å². The Kier molecular flexibility index (Phi) is 4.84. The fourth-order valence-electron chi connectivity index (χ4n) is 1.52. The molecule has 3 N–H and O–H groups in total. The van der Waals surface area contributed by atoms with E-state index in [-0.39, 0.29) is 10.9 Å². The van der Waals surface area contributed by atoms with Crippen LogP contribution in [0, 0.1) is 18.3 Å². The maximum atomic E-state index is 12.0. The van der Waals surface area contributed by atoms with Crippen LogP contribution >= 0.6 is 0 Å². The van der Waals surface area contributed by atoms with Gasteiger partial charge in [-0.3, -0.25) is 0 Å². The van der Waals surface area contributed by atoms with Crippen LogP contribution < -0.4 is 10.5 Å². The molecule has 98 valence electrons. The van der Waals surface area contributed by atoms with Crippen LogP contribution in [0.2, 0.25) is 0 Å². The minimum Gasteiger partial charge on any atom is -0.328 e. The summed E-state index contributed by atoms with van der Waals surface area (Å²) in [7, 11) is -3.53. The molecular formula is C12H17N3O2S. The molecule has 0 unspecified atom stereocenters. The number of sulfonamides is 1. The van der Waals surface area contributed by atoms with Gasteiger partial charge in [-0.1, -0.05) is 0 Å². The smallest absolute Gasteiger partial charge is 0.240 e. The Bertz CT molecular complexity index is 559. The van der Waals surface area contributed by atoms with Crippen molar-refractivity contribution in [3.8, 4) is 6.07 Å². The lowest BCUT2D eigenvalue weighted by atomic mass is 10.2. The number of nitrogens with zero attached hydrogens (tertiary/aromatic N) is 1. The Morgan fingerprint density at radius 2 is 2.17 bits per heavy atom. The molecule has 18 heavy (non-hydrogen) atoms. The monoisotopic (exact) mass is 267 g/mol. The third kappa shape index (κ3) is 3.81. The maximum absolute atomic E-state index is 12.0. The molecule has 6 heteroatoms. The highest BCUT2D eigenvalue weighted by atomic mass is 32.2. The Morgan fingerprint density at radius 3 is 2.67 bits per heavy atom. The van der Waals surface area contributed by atoms with E-state index in [1.807, 2.05) is 13.0 Å². The van der Waals surface area contributed by atoms with Crippen LogP contribution in [-0.4, -0.2) is 21.0 Å². The number of benzene rings is 1. The Labute approximate surface area is 108 Å². The Balaban J connectivity index is 2.89. The van der Waals surface area contributed by atoms with Crippen LogP contribution in [0.15, 0.2) is 23.1 Å². The van der Waals surface area contributed by atoms with Crippen molar-refractivity contribution in [1.82, 2.24) is 4.72 Å². The van der Waals surface area contributed by atoms with Gasteiger partial charge >= 0.3 is 0 Å². The van der Waals surface area contributed by atoms with Gasteiger partial charge in [-0.25, -0.2) is 13.1 Å². The second-order valence-electron chi connectivity index (χ2n) is 4.26. The summed E-state index contributed by atoms with van der Waals surface area (Å²) in [6, 6.07) is 6.42. The molecule has 1 aromatic carbocycles. The van der Waals surface area contributed by atoms with E-state index < -0.39 is 10.0 Å². The van der Waals surface area contributed by atoms with Gasteiger partial charge in [0.2, 0.25) is 10.0 Å². The fraction of sp³-hybridized carbons (Fsp3) is 0.417. The normalized spacial score (nSPS) is 13.0. The van der Waals surface area contributed by atoms with Crippen LogP contribution in [0.3, 0.4) is 0 Å². The van der Waals surface area contributed by atoms with E-state index >= 15 is 0 Å². The minimum atomic E-state index is -3.53. The van der Waals surface area contributed by atoms with Crippen molar-refractivity contribution in [2.24, 2.45) is 5.73 Å². The molecular weight excluding hydrogens is 250 g/mol. The summed E-state index contributed by atoms with van der Waals surface area (Å²) >= 11 is 0. The molecule has 0 saturated heterocycles. The zero-order valence-electron chi connectivity index (χ0n) is 10.5. The van der Waals surface area contributed by atoms with E-state index in [0.29, 0.717) is 24.1 Å². The summed E-state index contributed by atoms with van der Waals surface area (Å²) in [4.78, 5) is 0.200. The predicted molar refractivity (Wildman–Crippen MR) is 69.3 cm³/mol. The number of aryl methyl sites for hydroxylation is 1. The van der Waals surface area contributed by atoms with Crippen molar-refractivity contribution in [1.29, 1.82) is 5.26 Å². The molecule has 0 heterocycles. The van der Waals surface area contributed by atoms with E-state index in [9.17, 15) is 8.42 Å². The highest BCUT2D eigenvalue weighted by molar-refractivity contribution is 7.89. The Hall–Kier alpha value is -1.42. The number of nitriles is 1. The molecule has 0 radical (unpaired) electrons. The molecule has 0 aliphatic carbocycles. The largest absolute Gasteiger partial charge is 0.328 e. The van der Waals surface area contributed by atoms with E-state index in [1.54, 1.807) is 13.0 Å². The topological polar surface area (TPSA) is 96.0 Å². The standard InChI is InChI=1S/C12H17N3O2S/c1-9-7-11(8-13)3-4-12(9)18(16,17)15-6-5-10(2)14/h3-4,7,10,15H,5-6,14H2,1-2H3/t10-/m0/s1. The van der Waals surface area contributed by atoms with Crippen LogP contribution in [-0.2, 0) is 10.0 Å². The maximum Gasteiger partial charge on any atom is 0.240 e. The number of nitrogens with one attached hydrogen (secondary N) is 1. The van der Waals surface area contributed by atoms with Crippen molar-refractivity contribution in [3.05, 3.63) is 29.3 Å². The third-order valence-electron chi connectivity index (χ3n) is 2.49. The molecule has 5 nitrogen and oxygen atoms in total. The van der Waals surface area contributed by atoms with E-state index in [4.69, 9.17) is 11.0 Å². The van der Waals surface area contributed by atoms with Gasteiger partial charge in [0.25, 0.3) is 0 Å². The third-order valence-corrected chi connectivity index (χ3v) is 4.11. The van der Waals surface area contributed by atoms with E-state index in [1.165, 1.54) is 12.1 Å². The SMILES string of the molecule is Cc1cc(C#N)ccc1S(=O)(=O)NCC[C@H](C)N. The average molecular weight is 267 g/mol. The van der Waals surface area contributed by atoms with Crippen LogP contribution in [0.4, 0.5) is 0 Å². The van der Waals surface area contributed by atoms with Gasteiger partial charge in [0.05, 0.1) is 16.5 Å². The lowest BCUT2D eigenvalue weighted by molar-refractivity contribution is 0.571. The van der Waals surface area contributed by atoms with Crippen LogP contribution in [0.25, 0.3) is 0 Å². The van der Waals surface area contributed by atoms with Gasteiger partial charge in [0, 0.05) is 12.6 Å². The molecule has 1 atom stereocenters. The van der Waals surface area contributed by atoms with Gasteiger partial charge in [-0.2, -0.15) is 5.26 Å². The highest BCUT2D eigenvalue weighted by Crippen LogP contribution is 2.16. The summed E-state index contributed by atoms with van der Waals surface area (Å²) in [6.45, 7) is 3.79. The van der Waals surface area contributed by atoms with Crippen molar-refractivity contribution in [2.75, 3.05) is 6.54 Å². The summed E-state index contributed by atoms with van der Waals surface area (Å²) in [6.07, 6.45) is 0.578. The summed E-state index contributed by atoms with van der Waals surface area (Å²) in [5, 5.41) is 8.73. The number of hydrogen-bond donors (Lipinski definition) is 2.